The van der Waals surface area contributed by atoms with Gasteiger partial charge in [0.1, 0.15) is 11.6 Å². The fourth-order valence-electron chi connectivity index (χ4n) is 3.92. The molecule has 26 heavy (non-hydrogen) atoms. The normalized spacial score (nSPS) is 22.6. The Bertz CT molecular complexity index is 808. The third kappa shape index (κ3) is 3.80. The summed E-state index contributed by atoms with van der Waals surface area (Å²) in [5.41, 5.74) is 2.27. The van der Waals surface area contributed by atoms with E-state index in [1.54, 1.807) is 0 Å². The molecule has 0 spiro atoms. The molecule has 3 atom stereocenters. The van der Waals surface area contributed by atoms with Crippen molar-refractivity contribution in [1.29, 1.82) is 0 Å². The van der Waals surface area contributed by atoms with E-state index in [0.29, 0.717) is 12.5 Å². The van der Waals surface area contributed by atoms with Gasteiger partial charge in [-0.2, -0.15) is 0 Å². The Morgan fingerprint density at radius 1 is 1.04 bits per heavy atom. The van der Waals surface area contributed by atoms with Crippen LogP contribution in [0.5, 0.6) is 0 Å². The summed E-state index contributed by atoms with van der Waals surface area (Å²) in [6.45, 7) is 0.583. The van der Waals surface area contributed by atoms with Gasteiger partial charge in [0.2, 0.25) is 0 Å². The maximum atomic E-state index is 13.4. The molecular formula is C20H21FN4O. The summed E-state index contributed by atoms with van der Waals surface area (Å²) in [6.07, 6.45) is 2.87. The molecule has 1 heterocycles. The van der Waals surface area contributed by atoms with Crippen molar-refractivity contribution in [1.82, 2.24) is 20.6 Å². The second-order valence-corrected chi connectivity index (χ2v) is 6.80. The summed E-state index contributed by atoms with van der Waals surface area (Å²) in [4.78, 5) is 0. The molecule has 134 valence electrons. The Morgan fingerprint density at radius 3 is 2.58 bits per heavy atom. The molecule has 1 N–H and O–H groups in total. The zero-order chi connectivity index (χ0) is 17.8. The number of benzene rings is 2. The van der Waals surface area contributed by atoms with Crippen LogP contribution in [0.1, 0.15) is 35.7 Å². The molecule has 5 nitrogen and oxygen atoms in total. The lowest BCUT2D eigenvalue weighted by atomic mass is 9.85. The summed E-state index contributed by atoms with van der Waals surface area (Å²) in [5, 5.41) is 14.2. The first-order valence-corrected chi connectivity index (χ1v) is 8.93. The molecule has 1 saturated carbocycles. The van der Waals surface area contributed by atoms with Crippen LogP contribution in [0.25, 0.3) is 0 Å². The van der Waals surface area contributed by atoms with Crippen molar-refractivity contribution in [2.24, 2.45) is 5.92 Å². The summed E-state index contributed by atoms with van der Waals surface area (Å²) in [5.74, 6) is 1.12. The second-order valence-electron chi connectivity index (χ2n) is 6.80. The Balaban J connectivity index is 1.53. The van der Waals surface area contributed by atoms with Gasteiger partial charge < -0.3 is 4.74 Å². The van der Waals surface area contributed by atoms with Gasteiger partial charge in [-0.15, -0.1) is 5.10 Å². The van der Waals surface area contributed by atoms with E-state index in [2.05, 4.69) is 32.8 Å². The van der Waals surface area contributed by atoms with Gasteiger partial charge in [0, 0.05) is 12.3 Å². The number of halogens is 1. The van der Waals surface area contributed by atoms with Crippen LogP contribution in [-0.2, 0) is 17.8 Å². The first kappa shape index (κ1) is 16.8. The zero-order valence-electron chi connectivity index (χ0n) is 14.4. The average Bonchev–Trinajstić information content (AvgIpc) is 3.32. The summed E-state index contributed by atoms with van der Waals surface area (Å²) >= 11 is 0. The Morgan fingerprint density at radius 2 is 1.85 bits per heavy atom. The predicted octanol–water partition coefficient (Wildman–Crippen LogP) is 3.66. The van der Waals surface area contributed by atoms with Crippen molar-refractivity contribution in [2.45, 2.75) is 37.9 Å². The highest BCUT2D eigenvalue weighted by molar-refractivity contribution is 5.24. The molecule has 2 aromatic carbocycles. The van der Waals surface area contributed by atoms with E-state index in [0.717, 1.165) is 36.2 Å². The van der Waals surface area contributed by atoms with E-state index < -0.39 is 0 Å². The fourth-order valence-corrected chi connectivity index (χ4v) is 3.92. The maximum Gasteiger partial charge on any atom is 0.148 e. The lowest BCUT2D eigenvalue weighted by Gasteiger charge is -2.25. The van der Waals surface area contributed by atoms with Crippen molar-refractivity contribution in [3.63, 3.8) is 0 Å². The van der Waals surface area contributed by atoms with Gasteiger partial charge in [-0.3, -0.25) is 0 Å². The molecule has 3 aromatic rings. The molecule has 0 unspecified atom stereocenters. The highest BCUT2D eigenvalue weighted by Crippen LogP contribution is 2.43. The number of nitrogens with one attached hydrogen (secondary N) is 1. The largest absolute Gasteiger partial charge is 0.373 e. The first-order chi connectivity index (χ1) is 12.8. The molecule has 4 rings (SSSR count). The quantitative estimate of drug-likeness (QED) is 0.735. The number of rotatable bonds is 6. The van der Waals surface area contributed by atoms with Crippen molar-refractivity contribution < 1.29 is 9.13 Å². The molecule has 0 amide bonds. The van der Waals surface area contributed by atoms with E-state index >= 15 is 0 Å². The Kier molecular flexibility index (Phi) is 5.02. The van der Waals surface area contributed by atoms with Crippen molar-refractivity contribution >= 4 is 0 Å². The standard InChI is InChI=1S/C20H21FN4O/c21-17-9-6-15(7-10-17)20-16(12-19-22-24-25-23-19)8-11-18(20)26-13-14-4-2-1-3-5-14/h1-7,9-10,16,18,20H,8,11-13H2,(H,22,23,24,25)/t16-,18+,20+/m0/s1. The van der Waals surface area contributed by atoms with Crippen LogP contribution in [0.2, 0.25) is 0 Å². The molecule has 0 saturated heterocycles. The fraction of sp³-hybridized carbons (Fsp3) is 0.350. The number of aromatic nitrogens is 4. The van der Waals surface area contributed by atoms with Crippen LogP contribution in [0.4, 0.5) is 4.39 Å². The van der Waals surface area contributed by atoms with Gasteiger partial charge >= 0.3 is 0 Å². The van der Waals surface area contributed by atoms with E-state index in [4.69, 9.17) is 4.74 Å². The van der Waals surface area contributed by atoms with Crippen LogP contribution >= 0.6 is 0 Å². The third-order valence-corrected chi connectivity index (χ3v) is 5.14. The minimum Gasteiger partial charge on any atom is -0.373 e. The molecule has 0 radical (unpaired) electrons. The lowest BCUT2D eigenvalue weighted by Crippen LogP contribution is -2.22. The molecule has 1 fully saturated rings. The van der Waals surface area contributed by atoms with Gasteiger partial charge in [0.15, 0.2) is 0 Å². The van der Waals surface area contributed by atoms with E-state index in [9.17, 15) is 4.39 Å². The topological polar surface area (TPSA) is 63.7 Å². The molecule has 0 bridgehead atoms. The van der Waals surface area contributed by atoms with Gasteiger partial charge in [-0.05, 0) is 52.4 Å². The lowest BCUT2D eigenvalue weighted by molar-refractivity contribution is 0.0299. The first-order valence-electron chi connectivity index (χ1n) is 8.93. The molecule has 1 aromatic heterocycles. The SMILES string of the molecule is Fc1ccc([C@@H]2[C@H](Cc3nnn[nH]3)CC[C@H]2OCc2ccccc2)cc1. The van der Waals surface area contributed by atoms with Crippen molar-refractivity contribution in [2.75, 3.05) is 0 Å². The van der Waals surface area contributed by atoms with Crippen molar-refractivity contribution in [3.8, 4) is 0 Å². The molecule has 1 aliphatic carbocycles. The van der Waals surface area contributed by atoms with Gasteiger partial charge in [0.05, 0.1) is 12.7 Å². The van der Waals surface area contributed by atoms with E-state index in [1.807, 2.05) is 30.3 Å². The number of tetrazole rings is 1. The highest BCUT2D eigenvalue weighted by atomic mass is 19.1. The summed E-state index contributed by atoms with van der Waals surface area (Å²) in [6, 6.07) is 17.0. The number of H-pyrrole nitrogens is 1. The smallest absolute Gasteiger partial charge is 0.148 e. The predicted molar refractivity (Wildman–Crippen MR) is 94.8 cm³/mol. The van der Waals surface area contributed by atoms with Gasteiger partial charge in [0.25, 0.3) is 0 Å². The number of nitrogens with zero attached hydrogens (tertiary/aromatic N) is 3. The number of ether oxygens (including phenoxy) is 1. The van der Waals surface area contributed by atoms with Gasteiger partial charge in [-0.1, -0.05) is 42.5 Å². The average molecular weight is 352 g/mol. The van der Waals surface area contributed by atoms with Crippen LogP contribution in [0.3, 0.4) is 0 Å². The van der Waals surface area contributed by atoms with E-state index in [-0.39, 0.29) is 17.8 Å². The monoisotopic (exact) mass is 352 g/mol. The minimum absolute atomic E-state index is 0.0987. The number of hydrogen-bond acceptors (Lipinski definition) is 4. The Hall–Kier alpha value is -2.60. The molecule has 1 aliphatic rings. The molecule has 0 aliphatic heterocycles. The minimum atomic E-state index is -0.218. The second kappa shape index (κ2) is 7.74. The van der Waals surface area contributed by atoms with E-state index in [1.165, 1.54) is 12.1 Å². The summed E-state index contributed by atoms with van der Waals surface area (Å²) in [7, 11) is 0. The molecular weight excluding hydrogens is 331 g/mol. The highest BCUT2D eigenvalue weighted by Gasteiger charge is 2.38. The van der Waals surface area contributed by atoms with Crippen LogP contribution in [0, 0.1) is 11.7 Å². The van der Waals surface area contributed by atoms with Crippen LogP contribution < -0.4 is 0 Å². The Labute approximate surface area is 151 Å². The van der Waals surface area contributed by atoms with Crippen LogP contribution in [0.15, 0.2) is 54.6 Å². The maximum absolute atomic E-state index is 13.4. The third-order valence-electron chi connectivity index (χ3n) is 5.14. The van der Waals surface area contributed by atoms with Crippen molar-refractivity contribution in [3.05, 3.63) is 77.4 Å². The van der Waals surface area contributed by atoms with Gasteiger partial charge in [-0.25, -0.2) is 9.49 Å². The number of hydrogen-bond donors (Lipinski definition) is 1. The summed E-state index contributed by atoms with van der Waals surface area (Å²) < 4.78 is 19.7. The zero-order valence-corrected chi connectivity index (χ0v) is 14.4. The molecule has 6 heteroatoms. The van der Waals surface area contributed by atoms with Crippen LogP contribution in [-0.4, -0.2) is 26.7 Å². The number of aromatic amines is 1.